The van der Waals surface area contributed by atoms with Crippen molar-refractivity contribution < 1.29 is 24.5 Å². The molecule has 462 valence electrons. The number of carbonyl (C=O) groups excluding carboxylic acids is 2. The first kappa shape index (κ1) is 76.3. The van der Waals surface area contributed by atoms with Crippen molar-refractivity contribution in [1.82, 2.24) is 5.32 Å². The summed E-state index contributed by atoms with van der Waals surface area (Å²) in [4.78, 5) is 24.6. The van der Waals surface area contributed by atoms with Gasteiger partial charge in [-0.15, -0.1) is 0 Å². The van der Waals surface area contributed by atoms with Gasteiger partial charge in [-0.1, -0.05) is 353 Å². The first-order chi connectivity index (χ1) is 38.5. The topological polar surface area (TPSA) is 95.9 Å². The number of amides is 1. The number of esters is 1. The van der Waals surface area contributed by atoms with Gasteiger partial charge in [0.2, 0.25) is 5.91 Å². The fraction of sp³-hybridized carbons (Fsp3) is 0.917. The molecular formula is C72H139NO5. The molecule has 0 aliphatic rings. The zero-order valence-electron chi connectivity index (χ0n) is 52.9. The molecule has 2 atom stereocenters. The summed E-state index contributed by atoms with van der Waals surface area (Å²) in [6.07, 6.45) is 85.4. The van der Waals surface area contributed by atoms with Crippen LogP contribution >= 0.6 is 0 Å². The van der Waals surface area contributed by atoms with Gasteiger partial charge in [-0.3, -0.25) is 9.59 Å². The lowest BCUT2D eigenvalue weighted by Crippen LogP contribution is -2.45. The molecule has 0 bridgehead atoms. The van der Waals surface area contributed by atoms with Crippen LogP contribution in [0.2, 0.25) is 0 Å². The van der Waals surface area contributed by atoms with Crippen LogP contribution < -0.4 is 5.32 Å². The molecule has 78 heavy (non-hydrogen) atoms. The van der Waals surface area contributed by atoms with Crippen molar-refractivity contribution in [3.63, 3.8) is 0 Å². The fourth-order valence-corrected chi connectivity index (χ4v) is 11.3. The minimum absolute atomic E-state index is 0.0153. The van der Waals surface area contributed by atoms with Gasteiger partial charge < -0.3 is 20.3 Å². The van der Waals surface area contributed by atoms with Crippen molar-refractivity contribution in [3.05, 3.63) is 24.3 Å². The summed E-state index contributed by atoms with van der Waals surface area (Å²) in [5.74, 6) is -0.0501. The van der Waals surface area contributed by atoms with Crippen molar-refractivity contribution in [2.24, 2.45) is 0 Å². The Morgan fingerprint density at radius 2 is 0.603 bits per heavy atom. The first-order valence-electron chi connectivity index (χ1n) is 35.6. The van der Waals surface area contributed by atoms with Gasteiger partial charge in [0.1, 0.15) is 0 Å². The third-order valence-corrected chi connectivity index (χ3v) is 16.7. The Labute approximate surface area is 488 Å². The minimum atomic E-state index is -0.847. The molecule has 3 N–H and O–H groups in total. The van der Waals surface area contributed by atoms with E-state index in [1.807, 2.05) is 6.08 Å². The number of hydrogen-bond acceptors (Lipinski definition) is 5. The highest BCUT2D eigenvalue weighted by Gasteiger charge is 2.18. The van der Waals surface area contributed by atoms with E-state index in [0.29, 0.717) is 19.4 Å². The maximum Gasteiger partial charge on any atom is 0.305 e. The van der Waals surface area contributed by atoms with E-state index in [1.165, 1.54) is 334 Å². The number of aliphatic hydroxyl groups is 2. The quantitative estimate of drug-likeness (QED) is 0.0320. The van der Waals surface area contributed by atoms with Gasteiger partial charge in [-0.05, 0) is 57.8 Å². The van der Waals surface area contributed by atoms with Crippen LogP contribution in [0.15, 0.2) is 24.3 Å². The molecule has 0 saturated carbocycles. The Bertz CT molecular complexity index is 1220. The molecule has 0 aromatic heterocycles. The third-order valence-electron chi connectivity index (χ3n) is 16.7. The van der Waals surface area contributed by atoms with Crippen molar-refractivity contribution in [1.29, 1.82) is 0 Å². The summed E-state index contributed by atoms with van der Waals surface area (Å²) in [5, 5.41) is 23.3. The Hall–Kier alpha value is -1.66. The lowest BCUT2D eigenvalue weighted by atomic mass is 10.0. The van der Waals surface area contributed by atoms with E-state index in [0.717, 1.165) is 38.5 Å². The number of rotatable bonds is 67. The number of nitrogens with one attached hydrogen (secondary N) is 1. The summed E-state index contributed by atoms with van der Waals surface area (Å²) >= 11 is 0. The summed E-state index contributed by atoms with van der Waals surface area (Å²) in [7, 11) is 0. The molecule has 0 radical (unpaired) electrons. The Morgan fingerprint density at radius 1 is 0.346 bits per heavy atom. The lowest BCUT2D eigenvalue weighted by Gasteiger charge is -2.20. The molecule has 0 rings (SSSR count). The van der Waals surface area contributed by atoms with Gasteiger partial charge in [0.25, 0.3) is 0 Å². The van der Waals surface area contributed by atoms with E-state index in [1.54, 1.807) is 6.08 Å². The molecule has 6 heteroatoms. The van der Waals surface area contributed by atoms with Crippen molar-refractivity contribution >= 4 is 11.9 Å². The lowest BCUT2D eigenvalue weighted by molar-refractivity contribution is -0.143. The van der Waals surface area contributed by atoms with Gasteiger partial charge in [-0.2, -0.15) is 0 Å². The molecule has 0 saturated heterocycles. The molecule has 0 aliphatic carbocycles. The second-order valence-corrected chi connectivity index (χ2v) is 24.6. The second-order valence-electron chi connectivity index (χ2n) is 24.6. The molecule has 2 unspecified atom stereocenters. The predicted molar refractivity (Wildman–Crippen MR) is 343 cm³/mol. The highest BCUT2D eigenvalue weighted by molar-refractivity contribution is 5.76. The van der Waals surface area contributed by atoms with Crippen LogP contribution in [0.25, 0.3) is 0 Å². The van der Waals surface area contributed by atoms with E-state index in [9.17, 15) is 19.8 Å². The van der Waals surface area contributed by atoms with Crippen molar-refractivity contribution in [2.45, 2.75) is 411 Å². The van der Waals surface area contributed by atoms with Gasteiger partial charge in [0, 0.05) is 12.8 Å². The third kappa shape index (κ3) is 63.5. The molecule has 0 heterocycles. The van der Waals surface area contributed by atoms with Gasteiger partial charge in [-0.25, -0.2) is 0 Å². The molecule has 0 aliphatic heterocycles. The average Bonchev–Trinajstić information content (AvgIpc) is 3.44. The molecular weight excluding hydrogens is 959 g/mol. The monoisotopic (exact) mass is 1100 g/mol. The summed E-state index contributed by atoms with van der Waals surface area (Å²) < 4.78 is 5.48. The van der Waals surface area contributed by atoms with E-state index in [2.05, 4.69) is 31.3 Å². The molecule has 6 nitrogen and oxygen atoms in total. The number of aliphatic hydroxyl groups excluding tert-OH is 2. The molecule has 0 spiro atoms. The van der Waals surface area contributed by atoms with Gasteiger partial charge in [0.05, 0.1) is 25.4 Å². The van der Waals surface area contributed by atoms with Crippen LogP contribution in [0.3, 0.4) is 0 Å². The van der Waals surface area contributed by atoms with E-state index in [4.69, 9.17) is 4.74 Å². The maximum absolute atomic E-state index is 12.5. The number of allylic oxidation sites excluding steroid dienone is 3. The zero-order chi connectivity index (χ0) is 56.4. The number of hydrogen-bond donors (Lipinski definition) is 3. The second kappa shape index (κ2) is 67.8. The summed E-state index contributed by atoms with van der Waals surface area (Å²) in [6, 6.07) is -0.630. The van der Waals surface area contributed by atoms with Crippen molar-refractivity contribution in [3.8, 4) is 0 Å². The predicted octanol–water partition coefficient (Wildman–Crippen LogP) is 22.9. The average molecular weight is 1100 g/mol. The molecule has 0 aromatic carbocycles. The highest BCUT2D eigenvalue weighted by Crippen LogP contribution is 2.19. The van der Waals surface area contributed by atoms with E-state index in [-0.39, 0.29) is 18.5 Å². The van der Waals surface area contributed by atoms with Crippen LogP contribution in [-0.4, -0.2) is 47.4 Å². The summed E-state index contributed by atoms with van der Waals surface area (Å²) in [5.41, 5.74) is 0. The van der Waals surface area contributed by atoms with Crippen molar-refractivity contribution in [2.75, 3.05) is 13.2 Å². The first-order valence-corrected chi connectivity index (χ1v) is 35.6. The fourth-order valence-electron chi connectivity index (χ4n) is 11.3. The number of unbranched alkanes of at least 4 members (excludes halogenated alkanes) is 54. The SMILES string of the molecule is CCCCCCCCCCCCCCCCCCCCCCC/C=C/C(O)C(CO)NC(=O)CCCCCCCCCCCC/C=C\CCCCCCCCCCCCCCOC(=O)CCCCCCCCCCCCCC. The van der Waals surface area contributed by atoms with Gasteiger partial charge >= 0.3 is 5.97 Å². The van der Waals surface area contributed by atoms with E-state index < -0.39 is 12.1 Å². The molecule has 1 amide bonds. The van der Waals surface area contributed by atoms with Gasteiger partial charge in [0.15, 0.2) is 0 Å². The standard InChI is InChI=1S/C72H139NO5/c1-3-5-7-9-11-13-15-17-18-19-20-21-26-29-32-35-38-41-44-48-52-56-60-64-70(75)69(68-74)73-71(76)65-61-57-53-49-45-42-39-36-33-30-27-24-22-23-25-28-31-34-37-40-43-47-51-55-59-63-67-78-72(77)66-62-58-54-50-46-16-14-12-10-8-6-4-2/h22,24,60,64,69-70,74-75H,3-21,23,25-59,61-63,65-68H2,1-2H3,(H,73,76)/b24-22-,64-60+. The van der Waals surface area contributed by atoms with Crippen LogP contribution in [-0.2, 0) is 14.3 Å². The normalized spacial score (nSPS) is 12.6. The van der Waals surface area contributed by atoms with Crippen LogP contribution in [0, 0.1) is 0 Å². The van der Waals surface area contributed by atoms with Crippen LogP contribution in [0.4, 0.5) is 0 Å². The largest absolute Gasteiger partial charge is 0.466 e. The minimum Gasteiger partial charge on any atom is -0.466 e. The molecule has 0 aromatic rings. The molecule has 0 fully saturated rings. The Kier molecular flexibility index (Phi) is 66.4. The Balaban J connectivity index is 3.42. The zero-order valence-corrected chi connectivity index (χ0v) is 52.9. The maximum atomic E-state index is 12.5. The van der Waals surface area contributed by atoms with Crippen LogP contribution in [0.5, 0.6) is 0 Å². The van der Waals surface area contributed by atoms with Crippen LogP contribution in [0.1, 0.15) is 399 Å². The highest BCUT2D eigenvalue weighted by atomic mass is 16.5. The Morgan fingerprint density at radius 3 is 0.910 bits per heavy atom. The smallest absolute Gasteiger partial charge is 0.305 e. The number of carbonyl (C=O) groups is 2. The van der Waals surface area contributed by atoms with E-state index >= 15 is 0 Å². The summed E-state index contributed by atoms with van der Waals surface area (Å²) in [6.45, 7) is 4.94. The number of ether oxygens (including phenoxy) is 1.